The molecule has 0 spiro atoms. The Balaban J connectivity index is 2.28. The Morgan fingerprint density at radius 1 is 1.45 bits per heavy atom. The van der Waals surface area contributed by atoms with E-state index in [0.29, 0.717) is 24.7 Å². The van der Waals surface area contributed by atoms with Gasteiger partial charge in [0.1, 0.15) is 6.07 Å². The van der Waals surface area contributed by atoms with Crippen LogP contribution in [0.4, 0.5) is 18.9 Å². The van der Waals surface area contributed by atoms with Crippen molar-refractivity contribution in [1.29, 1.82) is 5.26 Å². The highest BCUT2D eigenvalue weighted by Gasteiger charge is 2.32. The summed E-state index contributed by atoms with van der Waals surface area (Å²) in [6, 6.07) is 5.21. The van der Waals surface area contributed by atoms with Gasteiger partial charge < -0.3 is 10.6 Å². The SMILES string of the molecule is CC(N)C1CCN(c2ccc(C(F)(F)F)cc2C#N)C1. The summed E-state index contributed by atoms with van der Waals surface area (Å²) in [6.45, 7) is 3.32. The van der Waals surface area contributed by atoms with E-state index in [0.717, 1.165) is 18.6 Å². The van der Waals surface area contributed by atoms with Crippen molar-refractivity contribution < 1.29 is 13.2 Å². The number of nitrogens with two attached hydrogens (primary N) is 1. The predicted octanol–water partition coefficient (Wildman–Crippen LogP) is 2.75. The van der Waals surface area contributed by atoms with Gasteiger partial charge in [0.15, 0.2) is 0 Å². The van der Waals surface area contributed by atoms with Gasteiger partial charge in [0, 0.05) is 19.1 Å². The molecule has 0 bridgehead atoms. The molecular weight excluding hydrogens is 267 g/mol. The van der Waals surface area contributed by atoms with Gasteiger partial charge in [0.25, 0.3) is 0 Å². The lowest BCUT2D eigenvalue weighted by Gasteiger charge is -2.22. The van der Waals surface area contributed by atoms with E-state index in [4.69, 9.17) is 11.0 Å². The second-order valence-corrected chi connectivity index (χ2v) is 5.20. The number of halogens is 3. The maximum atomic E-state index is 12.6. The molecule has 0 amide bonds. The lowest BCUT2D eigenvalue weighted by molar-refractivity contribution is -0.137. The molecule has 2 rings (SSSR count). The summed E-state index contributed by atoms with van der Waals surface area (Å²) in [6.07, 6.45) is -3.53. The van der Waals surface area contributed by atoms with E-state index < -0.39 is 11.7 Å². The molecule has 2 unspecified atom stereocenters. The number of nitrogens with zero attached hydrogens (tertiary/aromatic N) is 2. The molecule has 1 fully saturated rings. The number of hydrogen-bond acceptors (Lipinski definition) is 3. The fourth-order valence-corrected chi connectivity index (χ4v) is 2.51. The smallest absolute Gasteiger partial charge is 0.370 e. The summed E-state index contributed by atoms with van der Waals surface area (Å²) in [5.74, 6) is 0.309. The third-order valence-electron chi connectivity index (χ3n) is 3.75. The molecule has 0 aliphatic carbocycles. The Labute approximate surface area is 115 Å². The third kappa shape index (κ3) is 2.88. The molecule has 108 valence electrons. The van der Waals surface area contributed by atoms with Gasteiger partial charge in [0.05, 0.1) is 16.8 Å². The zero-order chi connectivity index (χ0) is 14.9. The van der Waals surface area contributed by atoms with Gasteiger partial charge in [-0.3, -0.25) is 0 Å². The Bertz CT molecular complexity index is 531. The largest absolute Gasteiger partial charge is 0.416 e. The molecule has 1 heterocycles. The summed E-state index contributed by atoms with van der Waals surface area (Å²) in [5.41, 5.74) is 5.68. The van der Waals surface area contributed by atoms with Crippen molar-refractivity contribution in [3.05, 3.63) is 29.3 Å². The van der Waals surface area contributed by atoms with E-state index in [-0.39, 0.29) is 11.6 Å². The van der Waals surface area contributed by atoms with Crippen molar-refractivity contribution in [3.63, 3.8) is 0 Å². The summed E-state index contributed by atoms with van der Waals surface area (Å²) in [5, 5.41) is 9.08. The molecule has 1 saturated heterocycles. The monoisotopic (exact) mass is 283 g/mol. The molecule has 0 radical (unpaired) electrons. The minimum atomic E-state index is -4.43. The van der Waals surface area contributed by atoms with Gasteiger partial charge in [-0.15, -0.1) is 0 Å². The molecule has 0 saturated carbocycles. The lowest BCUT2D eigenvalue weighted by Crippen LogP contribution is -2.30. The first kappa shape index (κ1) is 14.7. The van der Waals surface area contributed by atoms with Crippen molar-refractivity contribution in [2.45, 2.75) is 25.6 Å². The van der Waals surface area contributed by atoms with Crippen LogP contribution < -0.4 is 10.6 Å². The van der Waals surface area contributed by atoms with Crippen LogP contribution in [-0.2, 0) is 6.18 Å². The number of hydrogen-bond donors (Lipinski definition) is 1. The van der Waals surface area contributed by atoms with Crippen LogP contribution in [0.2, 0.25) is 0 Å². The van der Waals surface area contributed by atoms with Gasteiger partial charge in [-0.1, -0.05) is 0 Å². The van der Waals surface area contributed by atoms with Crippen LogP contribution in [0.3, 0.4) is 0 Å². The standard InChI is InChI=1S/C14H16F3N3/c1-9(19)10-4-5-20(8-10)13-3-2-12(14(15,16)17)6-11(13)7-18/h2-3,6,9-10H,4-5,8,19H2,1H3. The highest BCUT2D eigenvalue weighted by molar-refractivity contribution is 5.61. The second-order valence-electron chi connectivity index (χ2n) is 5.20. The third-order valence-corrected chi connectivity index (χ3v) is 3.75. The van der Waals surface area contributed by atoms with Crippen molar-refractivity contribution in [2.75, 3.05) is 18.0 Å². The van der Waals surface area contributed by atoms with E-state index in [9.17, 15) is 13.2 Å². The topological polar surface area (TPSA) is 53.0 Å². The molecule has 2 N–H and O–H groups in total. The Morgan fingerprint density at radius 2 is 2.15 bits per heavy atom. The number of nitriles is 1. The lowest BCUT2D eigenvalue weighted by atomic mass is 10.0. The fourth-order valence-electron chi connectivity index (χ4n) is 2.51. The summed E-state index contributed by atoms with van der Waals surface area (Å²) in [4.78, 5) is 1.94. The van der Waals surface area contributed by atoms with E-state index in [1.807, 2.05) is 17.9 Å². The molecule has 20 heavy (non-hydrogen) atoms. The number of benzene rings is 1. The van der Waals surface area contributed by atoms with E-state index >= 15 is 0 Å². The van der Waals surface area contributed by atoms with Crippen molar-refractivity contribution in [3.8, 4) is 6.07 Å². The molecule has 3 nitrogen and oxygen atoms in total. The van der Waals surface area contributed by atoms with Crippen LogP contribution in [0.25, 0.3) is 0 Å². The molecule has 2 atom stereocenters. The number of alkyl halides is 3. The zero-order valence-electron chi connectivity index (χ0n) is 11.1. The first-order chi connectivity index (χ1) is 9.32. The maximum absolute atomic E-state index is 12.6. The van der Waals surface area contributed by atoms with Crippen molar-refractivity contribution >= 4 is 5.69 Å². The maximum Gasteiger partial charge on any atom is 0.416 e. The van der Waals surface area contributed by atoms with Gasteiger partial charge in [-0.2, -0.15) is 18.4 Å². The minimum absolute atomic E-state index is 0.0417. The quantitative estimate of drug-likeness (QED) is 0.908. The van der Waals surface area contributed by atoms with Crippen LogP contribution in [0.1, 0.15) is 24.5 Å². The van der Waals surface area contributed by atoms with Crippen LogP contribution in [-0.4, -0.2) is 19.1 Å². The Kier molecular flexibility index (Phi) is 3.91. The number of anilines is 1. The van der Waals surface area contributed by atoms with Crippen LogP contribution in [0.15, 0.2) is 18.2 Å². The normalized spacial score (nSPS) is 20.8. The molecular formula is C14H16F3N3. The molecule has 1 aromatic carbocycles. The number of rotatable bonds is 2. The van der Waals surface area contributed by atoms with Gasteiger partial charge in [0.2, 0.25) is 0 Å². The van der Waals surface area contributed by atoms with Gasteiger partial charge in [-0.05, 0) is 37.5 Å². The molecule has 1 aliphatic rings. The molecule has 1 aliphatic heterocycles. The summed E-state index contributed by atoms with van der Waals surface area (Å²) < 4.78 is 37.9. The average Bonchev–Trinajstić information content (AvgIpc) is 2.86. The first-order valence-corrected chi connectivity index (χ1v) is 6.45. The van der Waals surface area contributed by atoms with Crippen LogP contribution >= 0.6 is 0 Å². The van der Waals surface area contributed by atoms with E-state index in [2.05, 4.69) is 0 Å². The van der Waals surface area contributed by atoms with Crippen LogP contribution in [0.5, 0.6) is 0 Å². The van der Waals surface area contributed by atoms with Crippen LogP contribution in [0, 0.1) is 17.2 Å². The van der Waals surface area contributed by atoms with Crippen molar-refractivity contribution in [2.24, 2.45) is 11.7 Å². The Morgan fingerprint density at radius 3 is 2.65 bits per heavy atom. The first-order valence-electron chi connectivity index (χ1n) is 6.45. The van der Waals surface area contributed by atoms with Gasteiger partial charge in [-0.25, -0.2) is 0 Å². The summed E-state index contributed by atoms with van der Waals surface area (Å²) >= 11 is 0. The molecule has 6 heteroatoms. The highest BCUT2D eigenvalue weighted by atomic mass is 19.4. The van der Waals surface area contributed by atoms with Gasteiger partial charge >= 0.3 is 6.18 Å². The average molecular weight is 283 g/mol. The molecule has 0 aromatic heterocycles. The zero-order valence-corrected chi connectivity index (χ0v) is 11.1. The summed E-state index contributed by atoms with van der Waals surface area (Å²) in [7, 11) is 0. The fraction of sp³-hybridized carbons (Fsp3) is 0.500. The predicted molar refractivity (Wildman–Crippen MR) is 70.1 cm³/mol. The molecule has 1 aromatic rings. The van der Waals surface area contributed by atoms with E-state index in [1.165, 1.54) is 6.07 Å². The minimum Gasteiger partial charge on any atom is -0.370 e. The highest BCUT2D eigenvalue weighted by Crippen LogP contribution is 2.34. The van der Waals surface area contributed by atoms with E-state index in [1.54, 1.807) is 0 Å². The van der Waals surface area contributed by atoms with Crippen molar-refractivity contribution in [1.82, 2.24) is 0 Å². The Hall–Kier alpha value is -1.74. The second kappa shape index (κ2) is 5.33.